The van der Waals surface area contributed by atoms with Gasteiger partial charge in [-0.2, -0.15) is 0 Å². The zero-order valence-electron chi connectivity index (χ0n) is 8.96. The Morgan fingerprint density at radius 2 is 2.13 bits per heavy atom. The number of thiophene rings is 1. The molecular formula is C12H18N2S. The lowest BCUT2D eigenvalue weighted by molar-refractivity contribution is 0.504. The van der Waals surface area contributed by atoms with E-state index in [0.29, 0.717) is 6.04 Å². The van der Waals surface area contributed by atoms with Gasteiger partial charge in [-0.3, -0.25) is 11.3 Å². The average molecular weight is 222 g/mol. The maximum Gasteiger partial charge on any atom is 0.0581 e. The van der Waals surface area contributed by atoms with Gasteiger partial charge in [0, 0.05) is 9.75 Å². The Kier molecular flexibility index (Phi) is 2.54. The highest BCUT2D eigenvalue weighted by molar-refractivity contribution is 7.12. The predicted octanol–water partition coefficient (Wildman–Crippen LogP) is 2.54. The summed E-state index contributed by atoms with van der Waals surface area (Å²) < 4.78 is 0. The van der Waals surface area contributed by atoms with Crippen LogP contribution in [0.3, 0.4) is 0 Å². The molecule has 1 heterocycles. The second kappa shape index (κ2) is 3.89. The van der Waals surface area contributed by atoms with E-state index in [1.54, 1.807) is 10.4 Å². The Morgan fingerprint density at radius 1 is 1.33 bits per heavy atom. The number of aryl methyl sites for hydroxylation is 2. The van der Waals surface area contributed by atoms with Crippen LogP contribution in [0.15, 0.2) is 6.07 Å². The molecule has 0 radical (unpaired) electrons. The van der Waals surface area contributed by atoms with Gasteiger partial charge < -0.3 is 0 Å². The third-order valence-corrected chi connectivity index (χ3v) is 4.92. The molecule has 3 rings (SSSR count). The smallest absolute Gasteiger partial charge is 0.0581 e. The van der Waals surface area contributed by atoms with E-state index in [1.807, 2.05) is 11.3 Å². The third kappa shape index (κ3) is 1.84. The van der Waals surface area contributed by atoms with Gasteiger partial charge in [0.1, 0.15) is 0 Å². The van der Waals surface area contributed by atoms with Crippen molar-refractivity contribution in [3.63, 3.8) is 0 Å². The van der Waals surface area contributed by atoms with Crippen LogP contribution < -0.4 is 11.3 Å². The lowest BCUT2D eigenvalue weighted by Crippen LogP contribution is -2.28. The molecule has 3 heteroatoms. The molecule has 15 heavy (non-hydrogen) atoms. The minimum absolute atomic E-state index is 0.431. The second-order valence-corrected chi connectivity index (χ2v) is 5.95. The van der Waals surface area contributed by atoms with Gasteiger partial charge in [0.2, 0.25) is 0 Å². The fraction of sp³-hybridized carbons (Fsp3) is 0.667. The Hall–Kier alpha value is -0.380. The number of nitrogens with two attached hydrogens (primary N) is 1. The molecule has 3 N–H and O–H groups in total. The van der Waals surface area contributed by atoms with Crippen LogP contribution in [-0.2, 0) is 12.8 Å². The standard InChI is InChI=1S/C12H18N2S/c13-14-12(8-5-6-8)11-7-9-3-1-2-4-10(9)15-11/h7-8,12,14H,1-6,13H2. The maximum absolute atomic E-state index is 5.66. The topological polar surface area (TPSA) is 38.0 Å². The summed E-state index contributed by atoms with van der Waals surface area (Å²) in [5, 5.41) is 0. The van der Waals surface area contributed by atoms with Gasteiger partial charge in [0.25, 0.3) is 0 Å². The van der Waals surface area contributed by atoms with E-state index in [9.17, 15) is 0 Å². The Balaban J connectivity index is 1.87. The molecule has 0 aromatic carbocycles. The SMILES string of the molecule is NNC(c1cc2c(s1)CCCC2)C1CC1. The minimum Gasteiger partial charge on any atom is -0.271 e. The number of fused-ring (bicyclic) bond motifs is 1. The van der Waals surface area contributed by atoms with Crippen molar-refractivity contribution in [2.75, 3.05) is 0 Å². The maximum atomic E-state index is 5.66. The summed E-state index contributed by atoms with van der Waals surface area (Å²) in [6, 6.07) is 2.84. The zero-order chi connectivity index (χ0) is 10.3. The summed E-state index contributed by atoms with van der Waals surface area (Å²) in [5.74, 6) is 6.46. The van der Waals surface area contributed by atoms with Crippen LogP contribution >= 0.6 is 11.3 Å². The van der Waals surface area contributed by atoms with Crippen LogP contribution in [-0.4, -0.2) is 0 Å². The van der Waals surface area contributed by atoms with Crippen LogP contribution in [0.1, 0.15) is 47.0 Å². The first-order valence-corrected chi connectivity index (χ1v) is 6.78. The van der Waals surface area contributed by atoms with Crippen LogP contribution in [0.2, 0.25) is 0 Å². The molecule has 1 aromatic rings. The molecule has 1 fully saturated rings. The molecule has 1 saturated carbocycles. The molecular weight excluding hydrogens is 204 g/mol. The van der Waals surface area contributed by atoms with E-state index < -0.39 is 0 Å². The summed E-state index contributed by atoms with van der Waals surface area (Å²) in [4.78, 5) is 3.10. The number of hydrogen-bond acceptors (Lipinski definition) is 3. The molecule has 2 aliphatic rings. The van der Waals surface area contributed by atoms with E-state index in [1.165, 1.54) is 43.4 Å². The molecule has 0 aliphatic heterocycles. The fourth-order valence-corrected chi connectivity index (χ4v) is 3.96. The fourth-order valence-electron chi connectivity index (χ4n) is 2.55. The molecule has 1 unspecified atom stereocenters. The summed E-state index contributed by atoms with van der Waals surface area (Å²) in [6.07, 6.45) is 8.01. The summed E-state index contributed by atoms with van der Waals surface area (Å²) in [6.45, 7) is 0. The van der Waals surface area contributed by atoms with Crippen LogP contribution in [0.4, 0.5) is 0 Å². The third-order valence-electron chi connectivity index (χ3n) is 3.60. The molecule has 2 nitrogen and oxygen atoms in total. The van der Waals surface area contributed by atoms with Gasteiger partial charge in [-0.05, 0) is 56.1 Å². The van der Waals surface area contributed by atoms with Gasteiger partial charge in [0.15, 0.2) is 0 Å². The number of nitrogens with one attached hydrogen (secondary N) is 1. The number of hydrogen-bond donors (Lipinski definition) is 2. The Bertz CT molecular complexity index is 331. The van der Waals surface area contributed by atoms with E-state index in [0.717, 1.165) is 5.92 Å². The molecule has 0 amide bonds. The highest BCUT2D eigenvalue weighted by Crippen LogP contribution is 2.44. The second-order valence-electron chi connectivity index (χ2n) is 4.79. The summed E-state index contributed by atoms with van der Waals surface area (Å²) in [5.41, 5.74) is 4.60. The molecule has 0 spiro atoms. The van der Waals surface area contributed by atoms with Crippen molar-refractivity contribution in [2.24, 2.45) is 11.8 Å². The number of hydrazine groups is 1. The van der Waals surface area contributed by atoms with Gasteiger partial charge in [0.05, 0.1) is 6.04 Å². The van der Waals surface area contributed by atoms with Crippen molar-refractivity contribution in [3.05, 3.63) is 21.4 Å². The quantitative estimate of drug-likeness (QED) is 0.609. The lowest BCUT2D eigenvalue weighted by atomic mass is 9.98. The molecule has 82 valence electrons. The van der Waals surface area contributed by atoms with Crippen molar-refractivity contribution in [1.29, 1.82) is 0 Å². The van der Waals surface area contributed by atoms with Crippen molar-refractivity contribution < 1.29 is 0 Å². The number of rotatable bonds is 3. The molecule has 1 aromatic heterocycles. The summed E-state index contributed by atoms with van der Waals surface area (Å²) >= 11 is 1.99. The Morgan fingerprint density at radius 3 is 2.80 bits per heavy atom. The van der Waals surface area contributed by atoms with E-state index in [4.69, 9.17) is 5.84 Å². The van der Waals surface area contributed by atoms with Gasteiger partial charge in [-0.25, -0.2) is 0 Å². The van der Waals surface area contributed by atoms with Crippen molar-refractivity contribution in [1.82, 2.24) is 5.43 Å². The first kappa shape index (κ1) is 9.82. The van der Waals surface area contributed by atoms with Crippen molar-refractivity contribution in [3.8, 4) is 0 Å². The lowest BCUT2D eigenvalue weighted by Gasteiger charge is -2.12. The van der Waals surface area contributed by atoms with Gasteiger partial charge >= 0.3 is 0 Å². The first-order chi connectivity index (χ1) is 7.38. The molecule has 0 saturated heterocycles. The van der Waals surface area contributed by atoms with Crippen LogP contribution in [0.5, 0.6) is 0 Å². The first-order valence-electron chi connectivity index (χ1n) is 5.96. The Labute approximate surface area is 94.8 Å². The van der Waals surface area contributed by atoms with Crippen molar-refractivity contribution >= 4 is 11.3 Å². The highest BCUT2D eigenvalue weighted by atomic mass is 32.1. The van der Waals surface area contributed by atoms with E-state index in [-0.39, 0.29) is 0 Å². The summed E-state index contributed by atoms with van der Waals surface area (Å²) in [7, 11) is 0. The molecule has 2 aliphatic carbocycles. The monoisotopic (exact) mass is 222 g/mol. The minimum atomic E-state index is 0.431. The zero-order valence-corrected chi connectivity index (χ0v) is 9.78. The molecule has 0 bridgehead atoms. The molecule has 1 atom stereocenters. The van der Waals surface area contributed by atoms with E-state index >= 15 is 0 Å². The van der Waals surface area contributed by atoms with Crippen LogP contribution in [0.25, 0.3) is 0 Å². The highest BCUT2D eigenvalue weighted by Gasteiger charge is 2.33. The van der Waals surface area contributed by atoms with Gasteiger partial charge in [-0.1, -0.05) is 0 Å². The van der Waals surface area contributed by atoms with Crippen LogP contribution in [0, 0.1) is 5.92 Å². The van der Waals surface area contributed by atoms with Crippen molar-refractivity contribution in [2.45, 2.75) is 44.6 Å². The average Bonchev–Trinajstić information content (AvgIpc) is 2.99. The van der Waals surface area contributed by atoms with E-state index in [2.05, 4.69) is 11.5 Å². The largest absolute Gasteiger partial charge is 0.271 e. The normalized spacial score (nSPS) is 22.5. The predicted molar refractivity (Wildman–Crippen MR) is 63.7 cm³/mol. The van der Waals surface area contributed by atoms with Gasteiger partial charge in [-0.15, -0.1) is 11.3 Å².